The summed E-state index contributed by atoms with van der Waals surface area (Å²) in [6.45, 7) is 6.51. The molecule has 2 rings (SSSR count). The Morgan fingerprint density at radius 1 is 1.33 bits per heavy atom. The third kappa shape index (κ3) is 3.08. The molecule has 2 N–H and O–H groups in total. The van der Waals surface area contributed by atoms with E-state index in [1.807, 2.05) is 31.2 Å². The Morgan fingerprint density at radius 3 is 2.52 bits per heavy atom. The van der Waals surface area contributed by atoms with Crippen LogP contribution in [0.25, 0.3) is 0 Å². The van der Waals surface area contributed by atoms with Crippen molar-refractivity contribution in [3.63, 3.8) is 0 Å². The predicted molar refractivity (Wildman–Crippen MR) is 79.9 cm³/mol. The quantitative estimate of drug-likeness (QED) is 0.880. The number of carbonyl (C=O) groups excluding carboxylic acids is 1. The van der Waals surface area contributed by atoms with Crippen LogP contribution in [-0.2, 0) is 22.6 Å². The number of hydrogen-bond acceptors (Lipinski definition) is 3. The van der Waals surface area contributed by atoms with Gasteiger partial charge in [0.1, 0.15) is 6.04 Å². The number of nitrogens with one attached hydrogen (secondary N) is 1. The zero-order chi connectivity index (χ0) is 15.6. The van der Waals surface area contributed by atoms with Crippen molar-refractivity contribution in [1.29, 1.82) is 0 Å². The summed E-state index contributed by atoms with van der Waals surface area (Å²) in [4.78, 5) is 25.8. The topological polar surface area (TPSA) is 69.6 Å². The molecule has 1 aliphatic rings. The number of rotatable bonds is 4. The van der Waals surface area contributed by atoms with E-state index in [1.54, 1.807) is 13.8 Å². The van der Waals surface area contributed by atoms with Crippen LogP contribution in [0.4, 0.5) is 0 Å². The van der Waals surface area contributed by atoms with E-state index in [2.05, 4.69) is 5.32 Å². The Balaban J connectivity index is 2.33. The first kappa shape index (κ1) is 15.5. The number of amides is 1. The highest BCUT2D eigenvalue weighted by atomic mass is 16.4. The molecule has 5 heteroatoms. The van der Waals surface area contributed by atoms with Crippen molar-refractivity contribution in [2.45, 2.75) is 45.3 Å². The molecule has 21 heavy (non-hydrogen) atoms. The van der Waals surface area contributed by atoms with E-state index in [9.17, 15) is 14.7 Å². The van der Waals surface area contributed by atoms with Crippen molar-refractivity contribution < 1.29 is 14.7 Å². The molecule has 1 amide bonds. The Morgan fingerprint density at radius 2 is 1.95 bits per heavy atom. The Labute approximate surface area is 125 Å². The van der Waals surface area contributed by atoms with Crippen molar-refractivity contribution in [3.05, 3.63) is 35.4 Å². The average Bonchev–Trinajstić information content (AvgIpc) is 2.44. The van der Waals surface area contributed by atoms with Gasteiger partial charge in [-0.1, -0.05) is 31.2 Å². The molecule has 0 unspecified atom stereocenters. The summed E-state index contributed by atoms with van der Waals surface area (Å²) in [6, 6.07) is 6.90. The van der Waals surface area contributed by atoms with Gasteiger partial charge >= 0.3 is 5.97 Å². The van der Waals surface area contributed by atoms with Crippen LogP contribution >= 0.6 is 0 Å². The molecule has 1 atom stereocenters. The van der Waals surface area contributed by atoms with Gasteiger partial charge in [0.2, 0.25) is 5.91 Å². The SMILES string of the molecule is CCNC(C)(C)C(=O)N1Cc2ccccc2C[C@H]1C(=O)O. The van der Waals surface area contributed by atoms with E-state index in [4.69, 9.17) is 0 Å². The number of carboxylic acid groups (broad SMARTS) is 1. The van der Waals surface area contributed by atoms with Crippen molar-refractivity contribution in [2.24, 2.45) is 0 Å². The number of benzene rings is 1. The molecule has 0 aromatic heterocycles. The maximum Gasteiger partial charge on any atom is 0.326 e. The summed E-state index contributed by atoms with van der Waals surface area (Å²) in [6.07, 6.45) is 0.361. The number of nitrogens with zero attached hydrogens (tertiary/aromatic N) is 1. The summed E-state index contributed by atoms with van der Waals surface area (Å²) in [5, 5.41) is 12.6. The maximum atomic E-state index is 12.7. The molecule has 5 nitrogen and oxygen atoms in total. The molecule has 0 saturated carbocycles. The van der Waals surface area contributed by atoms with Gasteiger partial charge in [-0.05, 0) is 31.5 Å². The van der Waals surface area contributed by atoms with Crippen LogP contribution in [0, 0.1) is 0 Å². The van der Waals surface area contributed by atoms with Gasteiger partial charge in [-0.3, -0.25) is 4.79 Å². The summed E-state index contributed by atoms with van der Waals surface area (Å²) in [5.41, 5.74) is 1.26. The number of likely N-dealkylation sites (N-methyl/N-ethyl adjacent to an activating group) is 1. The van der Waals surface area contributed by atoms with Gasteiger partial charge < -0.3 is 15.3 Å². The van der Waals surface area contributed by atoms with Gasteiger partial charge in [0.25, 0.3) is 0 Å². The lowest BCUT2D eigenvalue weighted by molar-refractivity contribution is -0.154. The Bertz CT molecular complexity index is 554. The molecule has 0 spiro atoms. The Kier molecular flexibility index (Phi) is 4.32. The van der Waals surface area contributed by atoms with E-state index in [0.717, 1.165) is 11.1 Å². The number of carbonyl (C=O) groups is 2. The first-order valence-corrected chi connectivity index (χ1v) is 7.22. The van der Waals surface area contributed by atoms with E-state index < -0.39 is 17.6 Å². The van der Waals surface area contributed by atoms with Gasteiger partial charge in [-0.25, -0.2) is 4.79 Å². The number of carboxylic acids is 1. The van der Waals surface area contributed by atoms with Gasteiger partial charge in [0.05, 0.1) is 5.54 Å². The van der Waals surface area contributed by atoms with Crippen LogP contribution in [0.1, 0.15) is 31.9 Å². The fraction of sp³-hybridized carbons (Fsp3) is 0.500. The highest BCUT2D eigenvalue weighted by Crippen LogP contribution is 2.25. The average molecular weight is 290 g/mol. The fourth-order valence-electron chi connectivity index (χ4n) is 2.83. The lowest BCUT2D eigenvalue weighted by atomic mass is 9.91. The van der Waals surface area contributed by atoms with Crippen molar-refractivity contribution in [3.8, 4) is 0 Å². The highest BCUT2D eigenvalue weighted by Gasteiger charge is 2.40. The van der Waals surface area contributed by atoms with Gasteiger partial charge in [-0.15, -0.1) is 0 Å². The van der Waals surface area contributed by atoms with Crippen LogP contribution in [0.2, 0.25) is 0 Å². The first-order valence-electron chi connectivity index (χ1n) is 7.22. The van der Waals surface area contributed by atoms with Crippen LogP contribution in [-0.4, -0.2) is 40.0 Å². The smallest absolute Gasteiger partial charge is 0.326 e. The molecular weight excluding hydrogens is 268 g/mol. The second-order valence-corrected chi connectivity index (χ2v) is 5.92. The number of hydrogen-bond donors (Lipinski definition) is 2. The molecule has 1 aliphatic heterocycles. The fourth-order valence-corrected chi connectivity index (χ4v) is 2.83. The molecular formula is C16H22N2O3. The normalized spacial score (nSPS) is 18.2. The standard InChI is InChI=1S/C16H22N2O3/c1-4-17-16(2,3)15(21)18-10-12-8-6-5-7-11(12)9-13(18)14(19)20/h5-8,13,17H,4,9-10H2,1-3H3,(H,19,20)/t13-/m0/s1. The molecule has 0 bridgehead atoms. The summed E-state index contributed by atoms with van der Waals surface area (Å²) >= 11 is 0. The molecule has 114 valence electrons. The Hall–Kier alpha value is -1.88. The molecule has 0 saturated heterocycles. The molecule has 1 aromatic carbocycles. The zero-order valence-electron chi connectivity index (χ0n) is 12.7. The van der Waals surface area contributed by atoms with Crippen LogP contribution in [0.5, 0.6) is 0 Å². The minimum absolute atomic E-state index is 0.175. The third-order valence-electron chi connectivity index (χ3n) is 3.95. The van der Waals surface area contributed by atoms with Crippen LogP contribution < -0.4 is 5.32 Å². The number of aliphatic carboxylic acids is 1. The lowest BCUT2D eigenvalue weighted by Crippen LogP contribution is -2.59. The van der Waals surface area contributed by atoms with Crippen molar-refractivity contribution >= 4 is 11.9 Å². The summed E-state index contributed by atoms with van der Waals surface area (Å²) in [5.74, 6) is -1.13. The van der Waals surface area contributed by atoms with Gasteiger partial charge in [0.15, 0.2) is 0 Å². The van der Waals surface area contributed by atoms with Crippen LogP contribution in [0.3, 0.4) is 0 Å². The lowest BCUT2D eigenvalue weighted by Gasteiger charge is -2.39. The third-order valence-corrected chi connectivity index (χ3v) is 3.95. The minimum Gasteiger partial charge on any atom is -0.480 e. The highest BCUT2D eigenvalue weighted by molar-refractivity contribution is 5.90. The monoisotopic (exact) mass is 290 g/mol. The second kappa shape index (κ2) is 5.85. The van der Waals surface area contributed by atoms with E-state index in [1.165, 1.54) is 4.90 Å². The van der Waals surface area contributed by atoms with Crippen molar-refractivity contribution in [1.82, 2.24) is 10.2 Å². The zero-order valence-corrected chi connectivity index (χ0v) is 12.7. The van der Waals surface area contributed by atoms with Crippen LogP contribution in [0.15, 0.2) is 24.3 Å². The molecule has 0 fully saturated rings. The summed E-state index contributed by atoms with van der Waals surface area (Å²) in [7, 11) is 0. The summed E-state index contributed by atoms with van der Waals surface area (Å²) < 4.78 is 0. The first-order chi connectivity index (χ1) is 9.86. The van der Waals surface area contributed by atoms with Gasteiger partial charge in [0, 0.05) is 13.0 Å². The minimum atomic E-state index is -0.954. The predicted octanol–water partition coefficient (Wildman–Crippen LogP) is 1.41. The van der Waals surface area contributed by atoms with E-state index >= 15 is 0 Å². The van der Waals surface area contributed by atoms with Crippen molar-refractivity contribution in [2.75, 3.05) is 6.54 Å². The molecule has 1 heterocycles. The second-order valence-electron chi connectivity index (χ2n) is 5.92. The van der Waals surface area contributed by atoms with E-state index in [-0.39, 0.29) is 5.91 Å². The largest absolute Gasteiger partial charge is 0.480 e. The maximum absolute atomic E-state index is 12.7. The molecule has 0 radical (unpaired) electrons. The molecule has 1 aromatic rings. The van der Waals surface area contributed by atoms with E-state index in [0.29, 0.717) is 19.5 Å². The number of fused-ring (bicyclic) bond motifs is 1. The molecule has 0 aliphatic carbocycles. The van der Waals surface area contributed by atoms with Gasteiger partial charge in [-0.2, -0.15) is 0 Å².